The maximum atomic E-state index is 13.5. The molecule has 0 spiro atoms. The first-order valence-electron chi connectivity index (χ1n) is 7.37. The Morgan fingerprint density at radius 3 is 2.77 bits per heavy atom. The van der Waals surface area contributed by atoms with Crippen molar-refractivity contribution in [3.8, 4) is 0 Å². The van der Waals surface area contributed by atoms with E-state index >= 15 is 0 Å². The number of thioether (sulfide) groups is 1. The molecule has 0 aromatic heterocycles. The zero-order chi connectivity index (χ0) is 16.1. The van der Waals surface area contributed by atoms with Crippen LogP contribution in [0.5, 0.6) is 0 Å². The summed E-state index contributed by atoms with van der Waals surface area (Å²) in [6.07, 6.45) is 0.839. The fourth-order valence-corrected chi connectivity index (χ4v) is 3.58. The van der Waals surface area contributed by atoms with Crippen molar-refractivity contribution < 1.29 is 19.1 Å². The minimum atomic E-state index is -0.783. The van der Waals surface area contributed by atoms with Gasteiger partial charge in [-0.05, 0) is 24.5 Å². The molecule has 1 aliphatic heterocycles. The van der Waals surface area contributed by atoms with Crippen molar-refractivity contribution in [1.29, 1.82) is 0 Å². The molecule has 1 aliphatic rings. The van der Waals surface area contributed by atoms with Crippen LogP contribution in [0.4, 0.5) is 4.39 Å². The number of likely N-dealkylation sites (tertiary alicyclic amines) is 1. The van der Waals surface area contributed by atoms with Gasteiger partial charge >= 0.3 is 5.97 Å². The van der Waals surface area contributed by atoms with E-state index in [-0.39, 0.29) is 23.6 Å². The first-order valence-corrected chi connectivity index (χ1v) is 8.35. The van der Waals surface area contributed by atoms with Gasteiger partial charge in [-0.15, -0.1) is 11.8 Å². The molecule has 0 saturated carbocycles. The van der Waals surface area contributed by atoms with Gasteiger partial charge in [-0.2, -0.15) is 0 Å². The van der Waals surface area contributed by atoms with Crippen molar-refractivity contribution in [2.45, 2.75) is 24.7 Å². The Bertz CT molecular complexity index is 552. The summed E-state index contributed by atoms with van der Waals surface area (Å²) >= 11 is 1.33. The van der Waals surface area contributed by atoms with Crippen LogP contribution in [0.15, 0.2) is 29.2 Å². The predicted molar refractivity (Wildman–Crippen MR) is 83.2 cm³/mol. The van der Waals surface area contributed by atoms with Gasteiger partial charge in [-0.3, -0.25) is 9.59 Å². The minimum absolute atomic E-state index is 0.0135. The van der Waals surface area contributed by atoms with Crippen LogP contribution in [0, 0.1) is 17.7 Å². The Kier molecular flexibility index (Phi) is 5.83. The number of hydrogen-bond donors (Lipinski definition) is 1. The number of benzene rings is 1. The Hall–Kier alpha value is -1.56. The third-order valence-electron chi connectivity index (χ3n) is 3.99. The first kappa shape index (κ1) is 16.8. The maximum Gasteiger partial charge on any atom is 0.306 e. The lowest BCUT2D eigenvalue weighted by Crippen LogP contribution is -2.45. The maximum absolute atomic E-state index is 13.5. The smallest absolute Gasteiger partial charge is 0.306 e. The Labute approximate surface area is 133 Å². The molecule has 0 aliphatic carbocycles. The Balaban J connectivity index is 1.79. The van der Waals surface area contributed by atoms with Gasteiger partial charge in [0.2, 0.25) is 5.91 Å². The van der Waals surface area contributed by atoms with Crippen LogP contribution in [0.25, 0.3) is 0 Å². The molecule has 1 aromatic carbocycles. The fourth-order valence-electron chi connectivity index (χ4n) is 2.71. The van der Waals surface area contributed by atoms with E-state index in [4.69, 9.17) is 5.11 Å². The highest BCUT2D eigenvalue weighted by Crippen LogP contribution is 2.25. The van der Waals surface area contributed by atoms with E-state index in [1.807, 2.05) is 6.92 Å². The van der Waals surface area contributed by atoms with E-state index < -0.39 is 5.97 Å². The number of carbonyl (C=O) groups is 2. The second kappa shape index (κ2) is 7.63. The summed E-state index contributed by atoms with van der Waals surface area (Å²) in [7, 11) is 0. The van der Waals surface area contributed by atoms with E-state index in [0.29, 0.717) is 36.6 Å². The van der Waals surface area contributed by atoms with Crippen molar-refractivity contribution >= 4 is 23.6 Å². The molecule has 2 unspecified atom stereocenters. The van der Waals surface area contributed by atoms with E-state index in [1.54, 1.807) is 23.1 Å². The quantitative estimate of drug-likeness (QED) is 0.846. The molecule has 1 fully saturated rings. The van der Waals surface area contributed by atoms with Crippen LogP contribution < -0.4 is 0 Å². The van der Waals surface area contributed by atoms with Crippen molar-refractivity contribution in [2.24, 2.45) is 11.8 Å². The summed E-state index contributed by atoms with van der Waals surface area (Å²) in [5.41, 5.74) is 0. The molecular formula is C16H20FNO3S. The van der Waals surface area contributed by atoms with E-state index in [2.05, 4.69) is 0 Å². The summed E-state index contributed by atoms with van der Waals surface area (Å²) in [4.78, 5) is 25.5. The van der Waals surface area contributed by atoms with Gasteiger partial charge in [-0.1, -0.05) is 19.1 Å². The van der Waals surface area contributed by atoms with Crippen LogP contribution in [0.3, 0.4) is 0 Å². The number of rotatable bonds is 5. The largest absolute Gasteiger partial charge is 0.481 e. The molecule has 120 valence electrons. The topological polar surface area (TPSA) is 57.6 Å². The summed E-state index contributed by atoms with van der Waals surface area (Å²) in [5, 5.41) is 9.08. The number of carbonyl (C=O) groups excluding carboxylic acids is 1. The SMILES string of the molecule is CC1CN(C(=O)CCSc2ccccc2F)CCC1C(=O)O. The zero-order valence-electron chi connectivity index (χ0n) is 12.5. The summed E-state index contributed by atoms with van der Waals surface area (Å²) < 4.78 is 13.5. The molecule has 2 rings (SSSR count). The molecule has 1 amide bonds. The summed E-state index contributed by atoms with van der Waals surface area (Å²) in [5.74, 6) is -0.913. The Morgan fingerprint density at radius 1 is 1.41 bits per heavy atom. The highest BCUT2D eigenvalue weighted by Gasteiger charge is 2.32. The standard InChI is InChI=1S/C16H20FNO3S/c1-11-10-18(8-6-12(11)16(20)21)15(19)7-9-22-14-5-3-2-4-13(14)17/h2-5,11-12H,6-10H2,1H3,(H,20,21). The van der Waals surface area contributed by atoms with Crippen molar-refractivity contribution in [2.75, 3.05) is 18.8 Å². The number of aliphatic carboxylic acids is 1. The van der Waals surface area contributed by atoms with E-state index in [1.165, 1.54) is 17.8 Å². The van der Waals surface area contributed by atoms with Crippen molar-refractivity contribution in [3.63, 3.8) is 0 Å². The van der Waals surface area contributed by atoms with Gasteiger partial charge in [0.05, 0.1) is 5.92 Å². The lowest BCUT2D eigenvalue weighted by molar-refractivity contribution is -0.148. The second-order valence-electron chi connectivity index (χ2n) is 5.58. The van der Waals surface area contributed by atoms with Crippen LogP contribution in [-0.4, -0.2) is 40.7 Å². The summed E-state index contributed by atoms with van der Waals surface area (Å²) in [6, 6.07) is 6.51. The van der Waals surface area contributed by atoms with E-state index in [9.17, 15) is 14.0 Å². The monoisotopic (exact) mass is 325 g/mol. The molecule has 4 nitrogen and oxygen atoms in total. The average molecular weight is 325 g/mol. The van der Waals surface area contributed by atoms with Gasteiger partial charge in [-0.25, -0.2) is 4.39 Å². The number of amides is 1. The molecule has 1 N–H and O–H groups in total. The molecule has 22 heavy (non-hydrogen) atoms. The molecule has 2 atom stereocenters. The molecule has 1 saturated heterocycles. The van der Waals surface area contributed by atoms with Gasteiger partial charge < -0.3 is 10.0 Å². The van der Waals surface area contributed by atoms with Crippen LogP contribution >= 0.6 is 11.8 Å². The minimum Gasteiger partial charge on any atom is -0.481 e. The molecule has 1 heterocycles. The van der Waals surface area contributed by atoms with Crippen LogP contribution in [0.1, 0.15) is 19.8 Å². The fraction of sp³-hybridized carbons (Fsp3) is 0.500. The number of halogens is 1. The zero-order valence-corrected chi connectivity index (χ0v) is 13.3. The highest BCUT2D eigenvalue weighted by molar-refractivity contribution is 7.99. The lowest BCUT2D eigenvalue weighted by atomic mass is 9.87. The number of carboxylic acid groups (broad SMARTS) is 1. The van der Waals surface area contributed by atoms with Gasteiger partial charge in [0.15, 0.2) is 0 Å². The summed E-state index contributed by atoms with van der Waals surface area (Å²) in [6.45, 7) is 2.84. The molecular weight excluding hydrogens is 305 g/mol. The average Bonchev–Trinajstić information content (AvgIpc) is 2.48. The third-order valence-corrected chi connectivity index (χ3v) is 5.04. The second-order valence-corrected chi connectivity index (χ2v) is 6.72. The number of hydrogen-bond acceptors (Lipinski definition) is 3. The first-order chi connectivity index (χ1) is 10.5. The molecule has 0 bridgehead atoms. The number of piperidine rings is 1. The van der Waals surface area contributed by atoms with Gasteiger partial charge in [0.1, 0.15) is 5.82 Å². The number of carboxylic acids is 1. The van der Waals surface area contributed by atoms with Crippen LogP contribution in [0.2, 0.25) is 0 Å². The Morgan fingerprint density at radius 2 is 2.14 bits per heavy atom. The van der Waals surface area contributed by atoms with Crippen molar-refractivity contribution in [1.82, 2.24) is 4.90 Å². The van der Waals surface area contributed by atoms with Gasteiger partial charge in [0.25, 0.3) is 0 Å². The molecule has 6 heteroatoms. The van der Waals surface area contributed by atoms with Gasteiger partial charge in [0, 0.05) is 30.2 Å². The molecule has 0 radical (unpaired) electrons. The predicted octanol–water partition coefficient (Wildman–Crippen LogP) is 2.88. The molecule has 1 aromatic rings. The van der Waals surface area contributed by atoms with E-state index in [0.717, 1.165) is 0 Å². The van der Waals surface area contributed by atoms with Crippen LogP contribution in [-0.2, 0) is 9.59 Å². The third kappa shape index (κ3) is 4.22. The lowest BCUT2D eigenvalue weighted by Gasteiger charge is -2.35. The highest BCUT2D eigenvalue weighted by atomic mass is 32.2. The normalized spacial score (nSPS) is 21.6. The van der Waals surface area contributed by atoms with Crippen molar-refractivity contribution in [3.05, 3.63) is 30.1 Å². The number of nitrogens with zero attached hydrogens (tertiary/aromatic N) is 1.